The Labute approximate surface area is 102 Å². The molecule has 0 bridgehead atoms. The van der Waals surface area contributed by atoms with Crippen molar-refractivity contribution in [2.24, 2.45) is 5.73 Å². The van der Waals surface area contributed by atoms with Crippen LogP contribution in [0, 0.1) is 0 Å². The van der Waals surface area contributed by atoms with Crippen molar-refractivity contribution < 1.29 is 0 Å². The molecular weight excluding hydrogens is 218 g/mol. The van der Waals surface area contributed by atoms with Crippen LogP contribution in [0.4, 0.5) is 0 Å². The summed E-state index contributed by atoms with van der Waals surface area (Å²) in [6, 6.07) is 2.62. The summed E-state index contributed by atoms with van der Waals surface area (Å²) >= 11 is 1.76. The van der Waals surface area contributed by atoms with Gasteiger partial charge in [-0.05, 0) is 48.3 Å². The molecule has 1 aliphatic rings. The summed E-state index contributed by atoms with van der Waals surface area (Å²) in [5.41, 5.74) is 7.27. The summed E-state index contributed by atoms with van der Waals surface area (Å²) in [7, 11) is 0. The van der Waals surface area contributed by atoms with Gasteiger partial charge in [-0.25, -0.2) is 0 Å². The maximum absolute atomic E-state index is 5.87. The second kappa shape index (κ2) is 6.35. The Kier molecular flexibility index (Phi) is 4.78. The number of hydrogen-bond donors (Lipinski definition) is 2. The van der Waals surface area contributed by atoms with Gasteiger partial charge in [0.05, 0.1) is 0 Å². The fourth-order valence-corrected chi connectivity index (χ4v) is 2.71. The second-order valence-electron chi connectivity index (χ2n) is 4.49. The van der Waals surface area contributed by atoms with Crippen molar-refractivity contribution in [3.63, 3.8) is 0 Å². The largest absolute Gasteiger partial charge is 0.328 e. The van der Waals surface area contributed by atoms with Crippen molar-refractivity contribution in [1.29, 1.82) is 0 Å². The highest BCUT2D eigenvalue weighted by molar-refractivity contribution is 7.07. The van der Waals surface area contributed by atoms with Gasteiger partial charge in [0.25, 0.3) is 0 Å². The highest BCUT2D eigenvalue weighted by Crippen LogP contribution is 2.07. The van der Waals surface area contributed by atoms with Crippen LogP contribution in [0.3, 0.4) is 0 Å². The van der Waals surface area contributed by atoms with E-state index in [1.807, 2.05) is 0 Å². The van der Waals surface area contributed by atoms with E-state index >= 15 is 0 Å². The first-order valence-corrected chi connectivity index (χ1v) is 6.98. The van der Waals surface area contributed by atoms with Crippen LogP contribution in [0.15, 0.2) is 16.8 Å². The van der Waals surface area contributed by atoms with E-state index in [4.69, 9.17) is 5.73 Å². The fourth-order valence-electron chi connectivity index (χ4n) is 2.04. The number of nitrogens with zero attached hydrogens (tertiary/aromatic N) is 1. The number of rotatable bonds is 5. The molecule has 3 nitrogen and oxygen atoms in total. The van der Waals surface area contributed by atoms with Crippen LogP contribution in [0.2, 0.25) is 0 Å². The van der Waals surface area contributed by atoms with E-state index in [1.165, 1.54) is 18.7 Å². The van der Waals surface area contributed by atoms with Crippen molar-refractivity contribution in [2.45, 2.75) is 25.4 Å². The summed E-state index contributed by atoms with van der Waals surface area (Å²) in [6.07, 6.45) is 2.31. The molecule has 1 aliphatic heterocycles. The van der Waals surface area contributed by atoms with Gasteiger partial charge >= 0.3 is 0 Å². The molecule has 0 spiro atoms. The third-order valence-electron chi connectivity index (χ3n) is 3.15. The summed E-state index contributed by atoms with van der Waals surface area (Å²) < 4.78 is 0. The molecule has 0 aromatic carbocycles. The Balaban J connectivity index is 1.55. The van der Waals surface area contributed by atoms with Crippen molar-refractivity contribution >= 4 is 11.3 Å². The SMILES string of the molecule is NC1CCN(CCNCc2ccsc2)CC1. The molecule has 0 amide bonds. The van der Waals surface area contributed by atoms with E-state index in [9.17, 15) is 0 Å². The van der Waals surface area contributed by atoms with Crippen molar-refractivity contribution in [1.82, 2.24) is 10.2 Å². The molecule has 0 atom stereocenters. The Morgan fingerprint density at radius 3 is 2.94 bits per heavy atom. The lowest BCUT2D eigenvalue weighted by molar-refractivity contribution is 0.213. The van der Waals surface area contributed by atoms with Crippen LogP contribution in [0.5, 0.6) is 0 Å². The minimum Gasteiger partial charge on any atom is -0.328 e. The lowest BCUT2D eigenvalue weighted by Gasteiger charge is -2.29. The molecule has 90 valence electrons. The fraction of sp³-hybridized carbons (Fsp3) is 0.667. The highest BCUT2D eigenvalue weighted by atomic mass is 32.1. The van der Waals surface area contributed by atoms with Crippen LogP contribution in [0.1, 0.15) is 18.4 Å². The predicted molar refractivity (Wildman–Crippen MR) is 69.7 cm³/mol. The topological polar surface area (TPSA) is 41.3 Å². The highest BCUT2D eigenvalue weighted by Gasteiger charge is 2.14. The minimum atomic E-state index is 0.440. The molecule has 16 heavy (non-hydrogen) atoms. The summed E-state index contributed by atoms with van der Waals surface area (Å²) in [5, 5.41) is 7.81. The zero-order valence-corrected chi connectivity index (χ0v) is 10.5. The smallest absolute Gasteiger partial charge is 0.0214 e. The number of likely N-dealkylation sites (tertiary alicyclic amines) is 1. The lowest BCUT2D eigenvalue weighted by Crippen LogP contribution is -2.42. The molecule has 1 fully saturated rings. The van der Waals surface area contributed by atoms with E-state index in [0.29, 0.717) is 6.04 Å². The maximum atomic E-state index is 5.87. The first-order valence-electron chi connectivity index (χ1n) is 6.04. The average molecular weight is 239 g/mol. The van der Waals surface area contributed by atoms with E-state index in [0.717, 1.165) is 32.5 Å². The van der Waals surface area contributed by atoms with Crippen molar-refractivity contribution in [2.75, 3.05) is 26.2 Å². The Morgan fingerprint density at radius 1 is 1.44 bits per heavy atom. The summed E-state index contributed by atoms with van der Waals surface area (Å²) in [4.78, 5) is 2.50. The minimum absolute atomic E-state index is 0.440. The van der Waals surface area contributed by atoms with Gasteiger partial charge in [0.15, 0.2) is 0 Å². The molecule has 0 radical (unpaired) electrons. The van der Waals surface area contributed by atoms with Gasteiger partial charge in [-0.15, -0.1) is 0 Å². The number of nitrogens with one attached hydrogen (secondary N) is 1. The first kappa shape index (κ1) is 12.0. The monoisotopic (exact) mass is 239 g/mol. The molecule has 2 rings (SSSR count). The normalized spacial score (nSPS) is 19.1. The van der Waals surface area contributed by atoms with Gasteiger partial charge in [0.1, 0.15) is 0 Å². The molecule has 3 N–H and O–H groups in total. The van der Waals surface area contributed by atoms with Gasteiger partial charge in [-0.2, -0.15) is 11.3 Å². The Morgan fingerprint density at radius 2 is 2.25 bits per heavy atom. The average Bonchev–Trinajstić information content (AvgIpc) is 2.80. The molecule has 1 aromatic rings. The van der Waals surface area contributed by atoms with E-state index in [2.05, 4.69) is 27.0 Å². The predicted octanol–water partition coefficient (Wildman–Crippen LogP) is 1.26. The van der Waals surface area contributed by atoms with Crippen LogP contribution in [-0.4, -0.2) is 37.1 Å². The van der Waals surface area contributed by atoms with Gasteiger partial charge in [-0.1, -0.05) is 0 Å². The first-order chi connectivity index (χ1) is 7.84. The quantitative estimate of drug-likeness (QED) is 0.760. The third-order valence-corrected chi connectivity index (χ3v) is 3.88. The zero-order chi connectivity index (χ0) is 11.2. The van der Waals surface area contributed by atoms with Gasteiger partial charge in [0.2, 0.25) is 0 Å². The summed E-state index contributed by atoms with van der Waals surface area (Å²) in [6.45, 7) is 5.56. The Hall–Kier alpha value is -0.420. The van der Waals surface area contributed by atoms with E-state index < -0.39 is 0 Å². The van der Waals surface area contributed by atoms with Gasteiger partial charge in [-0.3, -0.25) is 0 Å². The van der Waals surface area contributed by atoms with Crippen LogP contribution in [-0.2, 0) is 6.54 Å². The number of nitrogens with two attached hydrogens (primary N) is 1. The van der Waals surface area contributed by atoms with Crippen LogP contribution in [0.25, 0.3) is 0 Å². The van der Waals surface area contributed by atoms with Crippen LogP contribution < -0.4 is 11.1 Å². The molecular formula is C12H21N3S. The molecule has 0 unspecified atom stereocenters. The molecule has 4 heteroatoms. The van der Waals surface area contributed by atoms with Crippen LogP contribution >= 0.6 is 11.3 Å². The maximum Gasteiger partial charge on any atom is 0.0214 e. The van der Waals surface area contributed by atoms with E-state index in [1.54, 1.807) is 11.3 Å². The second-order valence-corrected chi connectivity index (χ2v) is 5.27. The third kappa shape index (κ3) is 3.87. The lowest BCUT2D eigenvalue weighted by atomic mass is 10.1. The number of thiophene rings is 1. The molecule has 0 saturated carbocycles. The molecule has 0 aliphatic carbocycles. The van der Waals surface area contributed by atoms with Crippen molar-refractivity contribution in [3.8, 4) is 0 Å². The van der Waals surface area contributed by atoms with E-state index in [-0.39, 0.29) is 0 Å². The summed E-state index contributed by atoms with van der Waals surface area (Å²) in [5.74, 6) is 0. The molecule has 1 saturated heterocycles. The van der Waals surface area contributed by atoms with Crippen molar-refractivity contribution in [3.05, 3.63) is 22.4 Å². The van der Waals surface area contributed by atoms with Gasteiger partial charge in [0, 0.05) is 25.7 Å². The zero-order valence-electron chi connectivity index (χ0n) is 9.69. The number of hydrogen-bond acceptors (Lipinski definition) is 4. The molecule has 2 heterocycles. The van der Waals surface area contributed by atoms with Gasteiger partial charge < -0.3 is 16.0 Å². The Bertz CT molecular complexity index is 278. The number of piperidine rings is 1. The standard InChI is InChI=1S/C12H21N3S/c13-12-1-5-15(6-2-12)7-4-14-9-11-3-8-16-10-11/h3,8,10,12,14H,1-2,4-7,9,13H2. The molecule has 1 aromatic heterocycles.